The van der Waals surface area contributed by atoms with Gasteiger partial charge in [0, 0.05) is 53.0 Å². The Labute approximate surface area is 302 Å². The molecule has 11 aromatic rings. The summed E-state index contributed by atoms with van der Waals surface area (Å²) in [5.74, 6) is 1.90. The van der Waals surface area contributed by atoms with Crippen molar-refractivity contribution in [2.75, 3.05) is 0 Å². The Hall–Kier alpha value is -6.69. The smallest absolute Gasteiger partial charge is 0.164 e. The van der Waals surface area contributed by atoms with Crippen molar-refractivity contribution in [1.82, 2.24) is 15.0 Å². The first kappa shape index (κ1) is 29.1. The normalized spacial score (nSPS) is 11.8. The maximum Gasteiger partial charge on any atom is 0.164 e. The van der Waals surface area contributed by atoms with Crippen LogP contribution in [0.25, 0.3) is 109 Å². The van der Waals surface area contributed by atoms with Gasteiger partial charge in [0.2, 0.25) is 0 Å². The second-order valence-electron chi connectivity index (χ2n) is 13.2. The summed E-state index contributed by atoms with van der Waals surface area (Å²) in [7, 11) is 0. The van der Waals surface area contributed by atoms with Crippen molar-refractivity contribution in [2.45, 2.75) is 0 Å². The molecule has 3 heterocycles. The molecule has 5 heteroatoms. The van der Waals surface area contributed by atoms with Crippen LogP contribution in [0.15, 0.2) is 168 Å². The molecule has 4 nitrogen and oxygen atoms in total. The van der Waals surface area contributed by atoms with E-state index in [-0.39, 0.29) is 0 Å². The van der Waals surface area contributed by atoms with Crippen molar-refractivity contribution in [2.24, 2.45) is 0 Å². The lowest BCUT2D eigenvalue weighted by atomic mass is 9.98. The molecule has 0 atom stereocenters. The van der Waals surface area contributed by atoms with Crippen LogP contribution in [-0.2, 0) is 0 Å². The Morgan fingerprint density at radius 3 is 1.87 bits per heavy atom. The van der Waals surface area contributed by atoms with Gasteiger partial charge in [-0.1, -0.05) is 133 Å². The average molecular weight is 682 g/mol. The number of hydrogen-bond acceptors (Lipinski definition) is 5. The molecule has 242 valence electrons. The van der Waals surface area contributed by atoms with Crippen molar-refractivity contribution in [3.8, 4) is 45.3 Å². The van der Waals surface area contributed by atoms with Gasteiger partial charge in [-0.2, -0.15) is 0 Å². The summed E-state index contributed by atoms with van der Waals surface area (Å²) in [5.41, 5.74) is 6.85. The predicted octanol–water partition coefficient (Wildman–Crippen LogP) is 13.1. The lowest BCUT2D eigenvalue weighted by molar-refractivity contribution is 0.673. The van der Waals surface area contributed by atoms with Crippen LogP contribution in [-0.4, -0.2) is 15.0 Å². The van der Waals surface area contributed by atoms with Crippen LogP contribution in [0.5, 0.6) is 0 Å². The molecule has 0 aliphatic rings. The van der Waals surface area contributed by atoms with E-state index in [0.29, 0.717) is 17.5 Å². The molecule has 0 radical (unpaired) electrons. The Kier molecular flexibility index (Phi) is 6.39. The van der Waals surface area contributed by atoms with Gasteiger partial charge in [0.05, 0.1) is 0 Å². The van der Waals surface area contributed by atoms with E-state index in [1.54, 1.807) is 0 Å². The third kappa shape index (κ3) is 4.57. The Bertz CT molecular complexity index is 3190. The minimum Gasteiger partial charge on any atom is -0.455 e. The Morgan fingerprint density at radius 1 is 0.365 bits per heavy atom. The topological polar surface area (TPSA) is 51.8 Å². The van der Waals surface area contributed by atoms with E-state index in [4.69, 9.17) is 19.4 Å². The predicted molar refractivity (Wildman–Crippen MR) is 217 cm³/mol. The highest BCUT2D eigenvalue weighted by molar-refractivity contribution is 7.25. The van der Waals surface area contributed by atoms with Gasteiger partial charge in [-0.25, -0.2) is 15.0 Å². The number of aromatic nitrogens is 3. The van der Waals surface area contributed by atoms with E-state index in [0.717, 1.165) is 65.7 Å². The van der Waals surface area contributed by atoms with E-state index >= 15 is 0 Å². The van der Waals surface area contributed by atoms with Crippen molar-refractivity contribution in [3.05, 3.63) is 164 Å². The van der Waals surface area contributed by atoms with E-state index in [1.165, 1.54) is 25.7 Å². The van der Waals surface area contributed by atoms with Crippen LogP contribution in [0.1, 0.15) is 0 Å². The van der Waals surface area contributed by atoms with E-state index in [1.807, 2.05) is 41.7 Å². The van der Waals surface area contributed by atoms with Gasteiger partial charge in [-0.05, 0) is 57.6 Å². The number of furan rings is 1. The fourth-order valence-electron chi connectivity index (χ4n) is 7.62. The molecule has 11 rings (SSSR count). The molecule has 8 aromatic carbocycles. The maximum atomic E-state index is 6.74. The average Bonchev–Trinajstić information content (AvgIpc) is 3.78. The van der Waals surface area contributed by atoms with Crippen LogP contribution in [0, 0.1) is 0 Å². The molecule has 0 unspecified atom stereocenters. The monoisotopic (exact) mass is 681 g/mol. The molecule has 0 fully saturated rings. The van der Waals surface area contributed by atoms with Gasteiger partial charge < -0.3 is 4.42 Å². The minimum absolute atomic E-state index is 0.623. The van der Waals surface area contributed by atoms with Crippen molar-refractivity contribution >= 4 is 75.0 Å². The number of benzene rings is 8. The summed E-state index contributed by atoms with van der Waals surface area (Å²) in [6, 6.07) is 57.3. The first-order valence-corrected chi connectivity index (χ1v) is 18.2. The summed E-state index contributed by atoms with van der Waals surface area (Å²) in [6.45, 7) is 0. The quantitative estimate of drug-likeness (QED) is 0.185. The Balaban J connectivity index is 1.12. The highest BCUT2D eigenvalue weighted by Gasteiger charge is 2.20. The van der Waals surface area contributed by atoms with Crippen LogP contribution >= 0.6 is 11.3 Å². The van der Waals surface area contributed by atoms with Crippen molar-refractivity contribution in [3.63, 3.8) is 0 Å². The summed E-state index contributed by atoms with van der Waals surface area (Å²) in [4.78, 5) is 15.4. The summed E-state index contributed by atoms with van der Waals surface area (Å²) < 4.78 is 9.33. The number of hydrogen-bond donors (Lipinski definition) is 0. The van der Waals surface area contributed by atoms with E-state index < -0.39 is 0 Å². The van der Waals surface area contributed by atoms with Gasteiger partial charge in [-0.15, -0.1) is 11.3 Å². The number of nitrogens with zero attached hydrogens (tertiary/aromatic N) is 3. The molecule has 0 saturated heterocycles. The number of rotatable bonds is 4. The van der Waals surface area contributed by atoms with Gasteiger partial charge in [0.1, 0.15) is 11.2 Å². The van der Waals surface area contributed by atoms with E-state index in [9.17, 15) is 0 Å². The standard InChI is InChI=1S/C47H27N3OS/c1-2-12-29(13-3-1)45-48-46(38-19-10-14-28-11-4-5-15-32(28)38)50-47(49-45)40-27-39-34-23-21-30(25-41(34)51-44(39)37-18-7-6-16-33(37)40)31-22-24-36-35-17-8-9-20-42(35)52-43(36)26-31/h1-27H. The summed E-state index contributed by atoms with van der Waals surface area (Å²) in [5, 5.41) is 8.98. The zero-order valence-electron chi connectivity index (χ0n) is 27.7. The number of fused-ring (bicyclic) bond motifs is 9. The molecule has 0 spiro atoms. The second-order valence-corrected chi connectivity index (χ2v) is 14.3. The van der Waals surface area contributed by atoms with E-state index in [2.05, 4.69) is 133 Å². The summed E-state index contributed by atoms with van der Waals surface area (Å²) in [6.07, 6.45) is 0. The van der Waals surface area contributed by atoms with Crippen molar-refractivity contribution in [1.29, 1.82) is 0 Å². The fraction of sp³-hybridized carbons (Fsp3) is 0. The second kappa shape index (κ2) is 11.4. The maximum absolute atomic E-state index is 6.74. The van der Waals surface area contributed by atoms with Gasteiger partial charge >= 0.3 is 0 Å². The van der Waals surface area contributed by atoms with Gasteiger partial charge in [-0.3, -0.25) is 0 Å². The molecule has 0 aliphatic heterocycles. The number of thiophene rings is 1. The molecule has 0 amide bonds. The van der Waals surface area contributed by atoms with Crippen molar-refractivity contribution < 1.29 is 4.42 Å². The largest absolute Gasteiger partial charge is 0.455 e. The zero-order valence-corrected chi connectivity index (χ0v) is 28.6. The lowest BCUT2D eigenvalue weighted by Crippen LogP contribution is -2.01. The Morgan fingerprint density at radius 2 is 1.00 bits per heavy atom. The highest BCUT2D eigenvalue weighted by atomic mass is 32.1. The molecule has 0 bridgehead atoms. The van der Waals surface area contributed by atoms with Crippen LogP contribution < -0.4 is 0 Å². The lowest BCUT2D eigenvalue weighted by Gasteiger charge is -2.12. The first-order chi connectivity index (χ1) is 25.7. The molecule has 52 heavy (non-hydrogen) atoms. The summed E-state index contributed by atoms with van der Waals surface area (Å²) >= 11 is 1.84. The molecule has 0 aliphatic carbocycles. The molecular formula is C47H27N3OS. The SMILES string of the molecule is c1ccc(-c2nc(-c3cccc4ccccc34)nc(-c3cc4c5ccc(-c6ccc7c(c6)sc6ccccc67)cc5oc4c4ccccc34)n2)cc1. The van der Waals surface area contributed by atoms with Crippen LogP contribution in [0.2, 0.25) is 0 Å². The van der Waals surface area contributed by atoms with Crippen LogP contribution in [0.3, 0.4) is 0 Å². The first-order valence-electron chi connectivity index (χ1n) is 17.3. The third-order valence-corrected chi connectivity index (χ3v) is 11.3. The third-order valence-electron chi connectivity index (χ3n) is 10.1. The molecule has 0 N–H and O–H groups in total. The van der Waals surface area contributed by atoms with Gasteiger partial charge in [0.25, 0.3) is 0 Å². The minimum atomic E-state index is 0.623. The molecular weight excluding hydrogens is 655 g/mol. The fourth-order valence-corrected chi connectivity index (χ4v) is 8.77. The highest BCUT2D eigenvalue weighted by Crippen LogP contribution is 2.42. The van der Waals surface area contributed by atoms with Crippen LogP contribution in [0.4, 0.5) is 0 Å². The molecule has 3 aromatic heterocycles. The van der Waals surface area contributed by atoms with Gasteiger partial charge in [0.15, 0.2) is 17.5 Å². The zero-order chi connectivity index (χ0) is 34.2. The molecule has 0 saturated carbocycles.